The summed E-state index contributed by atoms with van der Waals surface area (Å²) in [7, 11) is 0. The highest BCUT2D eigenvalue weighted by Gasteiger charge is 2.18. The van der Waals surface area contributed by atoms with E-state index in [1.54, 1.807) is 6.26 Å². The van der Waals surface area contributed by atoms with Crippen LogP contribution in [-0.2, 0) is 0 Å². The second-order valence-corrected chi connectivity index (χ2v) is 4.90. The van der Waals surface area contributed by atoms with E-state index in [1.165, 1.54) is 0 Å². The zero-order valence-electron chi connectivity index (χ0n) is 8.71. The summed E-state index contributed by atoms with van der Waals surface area (Å²) < 4.78 is 6.19. The molecule has 2 N–H and O–H groups in total. The number of hydrogen-bond acceptors (Lipinski definition) is 2. The third-order valence-electron chi connectivity index (χ3n) is 2.42. The van der Waals surface area contributed by atoms with Crippen molar-refractivity contribution < 1.29 is 4.42 Å². The molecule has 2 aromatic rings. The van der Waals surface area contributed by atoms with Crippen LogP contribution in [0.15, 0.2) is 39.4 Å². The van der Waals surface area contributed by atoms with Crippen LogP contribution in [0.1, 0.15) is 22.9 Å². The van der Waals surface area contributed by atoms with Crippen LogP contribution in [0, 0.1) is 6.92 Å². The fraction of sp³-hybridized carbons (Fsp3) is 0.167. The van der Waals surface area contributed by atoms with E-state index >= 15 is 0 Å². The van der Waals surface area contributed by atoms with E-state index in [1.807, 2.05) is 31.2 Å². The maximum Gasteiger partial charge on any atom is 0.139 e. The Morgan fingerprint density at radius 1 is 1.38 bits per heavy atom. The molecule has 0 radical (unpaired) electrons. The molecule has 84 valence electrons. The van der Waals surface area contributed by atoms with Gasteiger partial charge >= 0.3 is 0 Å². The Kier molecular flexibility index (Phi) is 3.38. The second kappa shape index (κ2) is 4.62. The second-order valence-electron chi connectivity index (χ2n) is 3.64. The number of rotatable bonds is 2. The molecule has 0 saturated heterocycles. The molecule has 2 rings (SSSR count). The molecule has 0 aliphatic heterocycles. The number of aryl methyl sites for hydroxylation is 1. The lowest BCUT2D eigenvalue weighted by molar-refractivity contribution is 0.487. The van der Waals surface area contributed by atoms with Crippen LogP contribution >= 0.6 is 27.5 Å². The molecule has 4 heteroatoms. The van der Waals surface area contributed by atoms with E-state index in [0.717, 1.165) is 15.6 Å². The number of hydrogen-bond donors (Lipinski definition) is 1. The SMILES string of the molecule is Cc1ccc(C(N)c2occc2Br)c(Cl)c1. The van der Waals surface area contributed by atoms with Gasteiger partial charge in [0.1, 0.15) is 5.76 Å². The molecule has 0 aliphatic carbocycles. The lowest BCUT2D eigenvalue weighted by Gasteiger charge is -2.12. The number of benzene rings is 1. The van der Waals surface area contributed by atoms with Gasteiger partial charge in [-0.05, 0) is 46.1 Å². The summed E-state index contributed by atoms with van der Waals surface area (Å²) in [6, 6.07) is 7.28. The summed E-state index contributed by atoms with van der Waals surface area (Å²) in [4.78, 5) is 0. The first-order valence-corrected chi connectivity index (χ1v) is 6.01. The summed E-state index contributed by atoms with van der Waals surface area (Å²) >= 11 is 9.54. The lowest BCUT2D eigenvalue weighted by Crippen LogP contribution is -2.12. The van der Waals surface area contributed by atoms with Crippen molar-refractivity contribution in [1.82, 2.24) is 0 Å². The average Bonchev–Trinajstić information content (AvgIpc) is 2.63. The molecule has 0 aliphatic rings. The van der Waals surface area contributed by atoms with E-state index in [4.69, 9.17) is 21.8 Å². The van der Waals surface area contributed by atoms with Gasteiger partial charge in [0.15, 0.2) is 0 Å². The summed E-state index contributed by atoms with van der Waals surface area (Å²) in [6.45, 7) is 1.99. The zero-order chi connectivity index (χ0) is 11.7. The van der Waals surface area contributed by atoms with Crippen LogP contribution in [0.2, 0.25) is 5.02 Å². The van der Waals surface area contributed by atoms with Gasteiger partial charge in [0.2, 0.25) is 0 Å². The van der Waals surface area contributed by atoms with Crippen molar-refractivity contribution in [2.75, 3.05) is 0 Å². The van der Waals surface area contributed by atoms with Gasteiger partial charge in [-0.15, -0.1) is 0 Å². The van der Waals surface area contributed by atoms with Gasteiger partial charge in [0.05, 0.1) is 16.8 Å². The molecule has 0 amide bonds. The number of halogens is 2. The van der Waals surface area contributed by atoms with Crippen LogP contribution < -0.4 is 5.73 Å². The first-order valence-electron chi connectivity index (χ1n) is 4.84. The van der Waals surface area contributed by atoms with E-state index in [-0.39, 0.29) is 6.04 Å². The maximum atomic E-state index is 6.16. The van der Waals surface area contributed by atoms with Crippen molar-refractivity contribution >= 4 is 27.5 Å². The summed E-state index contributed by atoms with van der Waals surface area (Å²) in [6.07, 6.45) is 1.60. The lowest BCUT2D eigenvalue weighted by atomic mass is 10.0. The number of nitrogens with two attached hydrogens (primary N) is 1. The van der Waals surface area contributed by atoms with Crippen molar-refractivity contribution in [1.29, 1.82) is 0 Å². The molecule has 2 nitrogen and oxygen atoms in total. The standard InChI is InChI=1S/C12H11BrClNO/c1-7-2-3-8(10(14)6-7)11(15)12-9(13)4-5-16-12/h2-6,11H,15H2,1H3. The molecule has 1 atom stereocenters. The molecule has 0 fully saturated rings. The molecule has 1 aromatic heterocycles. The predicted octanol–water partition coefficient (Wildman–Crippen LogP) is 4.05. The molecule has 0 spiro atoms. The van der Waals surface area contributed by atoms with Gasteiger partial charge < -0.3 is 10.2 Å². The third-order valence-corrected chi connectivity index (χ3v) is 3.40. The van der Waals surface area contributed by atoms with Gasteiger partial charge in [0.25, 0.3) is 0 Å². The monoisotopic (exact) mass is 299 g/mol. The fourth-order valence-corrected chi connectivity index (χ4v) is 2.35. The Morgan fingerprint density at radius 2 is 2.12 bits per heavy atom. The van der Waals surface area contributed by atoms with Crippen molar-refractivity contribution in [3.63, 3.8) is 0 Å². The van der Waals surface area contributed by atoms with Crippen LogP contribution in [0.4, 0.5) is 0 Å². The van der Waals surface area contributed by atoms with Crippen molar-refractivity contribution in [3.05, 3.63) is 56.9 Å². The van der Waals surface area contributed by atoms with E-state index in [2.05, 4.69) is 15.9 Å². The third kappa shape index (κ3) is 2.17. The molecule has 16 heavy (non-hydrogen) atoms. The van der Waals surface area contributed by atoms with Gasteiger partial charge in [-0.1, -0.05) is 23.7 Å². The maximum absolute atomic E-state index is 6.16. The van der Waals surface area contributed by atoms with Crippen LogP contribution in [0.25, 0.3) is 0 Å². The summed E-state index contributed by atoms with van der Waals surface area (Å²) in [5.41, 5.74) is 8.08. The van der Waals surface area contributed by atoms with Crippen LogP contribution in [0.3, 0.4) is 0 Å². The largest absolute Gasteiger partial charge is 0.466 e. The Balaban J connectivity index is 2.41. The van der Waals surface area contributed by atoms with Crippen molar-refractivity contribution in [2.24, 2.45) is 5.73 Å². The highest BCUT2D eigenvalue weighted by molar-refractivity contribution is 9.10. The fourth-order valence-electron chi connectivity index (χ4n) is 1.55. The average molecular weight is 301 g/mol. The molecular formula is C12H11BrClNO. The van der Waals surface area contributed by atoms with Crippen LogP contribution in [-0.4, -0.2) is 0 Å². The van der Waals surface area contributed by atoms with Gasteiger partial charge in [-0.3, -0.25) is 0 Å². The van der Waals surface area contributed by atoms with Crippen molar-refractivity contribution in [3.8, 4) is 0 Å². The van der Waals surface area contributed by atoms with Gasteiger partial charge in [-0.25, -0.2) is 0 Å². The Bertz CT molecular complexity index is 509. The molecular weight excluding hydrogens is 289 g/mol. The topological polar surface area (TPSA) is 39.2 Å². The van der Waals surface area contributed by atoms with Gasteiger partial charge in [0, 0.05) is 5.02 Å². The number of furan rings is 1. The van der Waals surface area contributed by atoms with Crippen LogP contribution in [0.5, 0.6) is 0 Å². The predicted molar refractivity (Wildman–Crippen MR) is 68.6 cm³/mol. The van der Waals surface area contributed by atoms with E-state index < -0.39 is 0 Å². The van der Waals surface area contributed by atoms with E-state index in [0.29, 0.717) is 10.8 Å². The normalized spacial score (nSPS) is 12.8. The quantitative estimate of drug-likeness (QED) is 0.908. The minimum absolute atomic E-state index is 0.350. The minimum Gasteiger partial charge on any atom is -0.466 e. The van der Waals surface area contributed by atoms with E-state index in [9.17, 15) is 0 Å². The smallest absolute Gasteiger partial charge is 0.139 e. The minimum atomic E-state index is -0.350. The highest BCUT2D eigenvalue weighted by atomic mass is 79.9. The first kappa shape index (κ1) is 11.7. The summed E-state index contributed by atoms with van der Waals surface area (Å²) in [5, 5.41) is 0.663. The summed E-state index contributed by atoms with van der Waals surface area (Å²) in [5.74, 6) is 0.686. The Hall–Kier alpha value is -0.770. The molecule has 1 heterocycles. The highest BCUT2D eigenvalue weighted by Crippen LogP contribution is 2.31. The van der Waals surface area contributed by atoms with Gasteiger partial charge in [-0.2, -0.15) is 0 Å². The Labute approximate surface area is 108 Å². The molecule has 1 unspecified atom stereocenters. The Morgan fingerprint density at radius 3 is 2.69 bits per heavy atom. The molecule has 0 saturated carbocycles. The first-order chi connectivity index (χ1) is 7.59. The van der Waals surface area contributed by atoms with Crippen molar-refractivity contribution in [2.45, 2.75) is 13.0 Å². The molecule has 0 bridgehead atoms. The zero-order valence-corrected chi connectivity index (χ0v) is 11.0. The molecule has 1 aromatic carbocycles.